The molecule has 1 saturated carbocycles. The van der Waals surface area contributed by atoms with Crippen molar-refractivity contribution >= 4 is 28.7 Å². The average Bonchev–Trinajstić information content (AvgIpc) is 3.50. The third kappa shape index (κ3) is 6.63. The van der Waals surface area contributed by atoms with Crippen molar-refractivity contribution < 1.29 is 52.6 Å². The van der Waals surface area contributed by atoms with Gasteiger partial charge in [-0.05, 0) is 51.0 Å². The van der Waals surface area contributed by atoms with Crippen LogP contribution in [0.4, 0.5) is 0 Å². The van der Waals surface area contributed by atoms with Crippen LogP contribution in [0.25, 0.3) is 22.2 Å². The van der Waals surface area contributed by atoms with Crippen molar-refractivity contribution in [2.45, 2.75) is 50.9 Å². The van der Waals surface area contributed by atoms with Crippen LogP contribution in [-0.4, -0.2) is 47.2 Å². The van der Waals surface area contributed by atoms with Crippen LogP contribution in [0.1, 0.15) is 33.6 Å². The van der Waals surface area contributed by atoms with Crippen molar-refractivity contribution in [2.75, 3.05) is 7.11 Å². The van der Waals surface area contributed by atoms with Gasteiger partial charge in [-0.25, -0.2) is 9.78 Å². The van der Waals surface area contributed by atoms with Gasteiger partial charge in [0.25, 0.3) is 0 Å². The zero-order chi connectivity index (χ0) is 30.2. The molecule has 1 fully saturated rings. The number of aliphatic carboxylic acids is 1. The first-order valence-corrected chi connectivity index (χ1v) is 13.8. The van der Waals surface area contributed by atoms with Crippen molar-refractivity contribution in [1.29, 1.82) is 0 Å². The molecule has 0 spiro atoms. The number of nitrogens with zero attached hydrogens (tertiary/aromatic N) is 1. The second kappa shape index (κ2) is 12.3. The molecule has 2 unspecified atom stereocenters. The van der Waals surface area contributed by atoms with Gasteiger partial charge in [-0.3, -0.25) is 4.79 Å². The van der Waals surface area contributed by atoms with E-state index in [0.717, 1.165) is 5.56 Å². The van der Waals surface area contributed by atoms with E-state index in [2.05, 4.69) is 11.9 Å². The third-order valence-corrected chi connectivity index (χ3v) is 7.50. The Morgan fingerprint density at radius 3 is 2.44 bits per heavy atom. The standard InChI is InChI=1S/C33H34N2O7.Li/c1-6-20-18-33(20,31(39)42-32(2,3)4)35-29(36)24-14-22(15-25(24)30(37)38)41-28-17-26(19-10-8-7-9-11-19)34-27-16-21(40-5)12-13-23(27)28;/h6-13,15-17,20,22,24H,1,14,18H2,2-5H3,(H,35,36)(H,37,38);/q;+1/p-1/t20-,22?,24?,33-;/m1./s1. The minimum absolute atomic E-state index is 0. The predicted octanol–water partition coefficient (Wildman–Crippen LogP) is 0.761. The summed E-state index contributed by atoms with van der Waals surface area (Å²) in [6, 6.07) is 16.8. The summed E-state index contributed by atoms with van der Waals surface area (Å²) >= 11 is 0. The fourth-order valence-corrected chi connectivity index (χ4v) is 5.28. The zero-order valence-electron chi connectivity index (χ0n) is 25.0. The van der Waals surface area contributed by atoms with E-state index in [1.165, 1.54) is 6.08 Å². The molecule has 0 saturated heterocycles. The molecule has 0 radical (unpaired) electrons. The van der Waals surface area contributed by atoms with Gasteiger partial charge in [0.2, 0.25) is 5.91 Å². The molecule has 1 heterocycles. The number of amides is 1. The van der Waals surface area contributed by atoms with Crippen molar-refractivity contribution in [3.05, 3.63) is 78.9 Å². The smallest absolute Gasteiger partial charge is 0.545 e. The second-order valence-corrected chi connectivity index (χ2v) is 11.6. The fraction of sp³-hybridized carbons (Fsp3) is 0.333. The van der Waals surface area contributed by atoms with Gasteiger partial charge < -0.3 is 29.4 Å². The summed E-state index contributed by atoms with van der Waals surface area (Å²) < 4.78 is 17.3. The van der Waals surface area contributed by atoms with Gasteiger partial charge in [0.15, 0.2) is 0 Å². The molecule has 5 rings (SSSR count). The quantitative estimate of drug-likeness (QED) is 0.225. The Balaban J connectivity index is 0.00000423. The number of carboxylic acid groups (broad SMARTS) is 1. The molecule has 2 aliphatic rings. The van der Waals surface area contributed by atoms with Crippen LogP contribution in [0.3, 0.4) is 0 Å². The summed E-state index contributed by atoms with van der Waals surface area (Å²) in [7, 11) is 1.57. The normalized spacial score (nSPS) is 22.5. The minimum Gasteiger partial charge on any atom is -0.545 e. The fourth-order valence-electron chi connectivity index (χ4n) is 5.28. The van der Waals surface area contributed by atoms with Gasteiger partial charge in [-0.2, -0.15) is 0 Å². The number of pyridine rings is 1. The third-order valence-electron chi connectivity index (χ3n) is 7.50. The maximum Gasteiger partial charge on any atom is 1.00 e. The van der Waals surface area contributed by atoms with E-state index in [1.54, 1.807) is 52.2 Å². The summed E-state index contributed by atoms with van der Waals surface area (Å²) in [5.74, 6) is -2.98. The van der Waals surface area contributed by atoms with E-state index in [4.69, 9.17) is 19.2 Å². The van der Waals surface area contributed by atoms with E-state index in [1.807, 2.05) is 36.4 Å². The van der Waals surface area contributed by atoms with E-state index in [0.29, 0.717) is 34.5 Å². The van der Waals surface area contributed by atoms with Crippen molar-refractivity contribution in [1.82, 2.24) is 10.3 Å². The Morgan fingerprint density at radius 1 is 1.12 bits per heavy atom. The molecule has 43 heavy (non-hydrogen) atoms. The van der Waals surface area contributed by atoms with E-state index >= 15 is 0 Å². The Labute approximate surface area is 262 Å². The zero-order valence-corrected chi connectivity index (χ0v) is 25.0. The first-order chi connectivity index (χ1) is 19.9. The Bertz CT molecular complexity index is 1600. The number of hydrogen-bond donors (Lipinski definition) is 1. The largest absolute Gasteiger partial charge is 1.00 e. The molecule has 1 aromatic heterocycles. The molecular formula is C33H33LiN2O7. The van der Waals surface area contributed by atoms with Gasteiger partial charge in [0.05, 0.1) is 30.2 Å². The van der Waals surface area contributed by atoms with E-state index < -0.39 is 41.0 Å². The number of hydrogen-bond acceptors (Lipinski definition) is 8. The molecule has 218 valence electrons. The Hall–Kier alpha value is -4.06. The number of aromatic nitrogens is 1. The van der Waals surface area contributed by atoms with Gasteiger partial charge in [0, 0.05) is 35.4 Å². The number of carbonyl (C=O) groups excluding carboxylic acids is 3. The number of benzene rings is 2. The van der Waals surface area contributed by atoms with Gasteiger partial charge >= 0.3 is 24.8 Å². The molecule has 2 aromatic carbocycles. The molecule has 0 bridgehead atoms. The van der Waals surface area contributed by atoms with Crippen LogP contribution < -0.4 is 38.8 Å². The number of esters is 1. The minimum atomic E-state index is -1.47. The first kappa shape index (κ1) is 31.9. The number of ether oxygens (including phenoxy) is 3. The molecule has 1 amide bonds. The van der Waals surface area contributed by atoms with Crippen molar-refractivity contribution in [3.8, 4) is 22.8 Å². The Kier molecular flexibility index (Phi) is 9.10. The first-order valence-electron chi connectivity index (χ1n) is 13.8. The number of fused-ring (bicyclic) bond motifs is 1. The van der Waals surface area contributed by atoms with Crippen LogP contribution in [-0.2, 0) is 19.1 Å². The number of carboxylic acids is 1. The summed E-state index contributed by atoms with van der Waals surface area (Å²) in [5.41, 5.74) is -0.0859. The van der Waals surface area contributed by atoms with Gasteiger partial charge in [0.1, 0.15) is 28.7 Å². The number of carbonyl (C=O) groups is 3. The molecule has 3 aromatic rings. The number of methoxy groups -OCH3 is 1. The molecule has 9 nitrogen and oxygen atoms in total. The van der Waals surface area contributed by atoms with Crippen LogP contribution in [0.15, 0.2) is 78.9 Å². The predicted molar refractivity (Wildman–Crippen MR) is 154 cm³/mol. The van der Waals surface area contributed by atoms with Crippen LogP contribution >= 0.6 is 0 Å². The van der Waals surface area contributed by atoms with E-state index in [-0.39, 0.29) is 36.8 Å². The summed E-state index contributed by atoms with van der Waals surface area (Å²) in [6.07, 6.45) is 2.60. The van der Waals surface area contributed by atoms with Gasteiger partial charge in [-0.1, -0.05) is 36.4 Å². The molecule has 4 atom stereocenters. The van der Waals surface area contributed by atoms with Gasteiger partial charge in [-0.15, -0.1) is 6.58 Å². The summed E-state index contributed by atoms with van der Waals surface area (Å²) in [4.78, 5) is 43.4. The summed E-state index contributed by atoms with van der Waals surface area (Å²) in [6.45, 7) is 8.98. The van der Waals surface area contributed by atoms with E-state index in [9.17, 15) is 19.5 Å². The number of nitrogens with one attached hydrogen (secondary N) is 1. The topological polar surface area (TPSA) is 127 Å². The number of rotatable bonds is 9. The maximum absolute atomic E-state index is 13.5. The van der Waals surface area contributed by atoms with Crippen LogP contribution in [0.5, 0.6) is 11.5 Å². The van der Waals surface area contributed by atoms with Crippen LogP contribution in [0, 0.1) is 11.8 Å². The monoisotopic (exact) mass is 576 g/mol. The molecule has 2 aliphatic carbocycles. The van der Waals surface area contributed by atoms with Crippen molar-refractivity contribution in [3.63, 3.8) is 0 Å². The average molecular weight is 577 g/mol. The Morgan fingerprint density at radius 2 is 1.84 bits per heavy atom. The molecule has 0 aliphatic heterocycles. The molecule has 10 heteroatoms. The van der Waals surface area contributed by atoms with Crippen molar-refractivity contribution in [2.24, 2.45) is 11.8 Å². The maximum atomic E-state index is 13.5. The SMILES string of the molecule is C=C[C@@H]1C[C@]1(NC(=O)C1CC(Oc2cc(-c3ccccc3)nc3cc(OC)ccc23)C=C1C(=O)[O-])C(=O)OC(C)(C)C.[Li+]. The molecular weight excluding hydrogens is 543 g/mol. The summed E-state index contributed by atoms with van der Waals surface area (Å²) in [5, 5.41) is 15.6. The molecule has 1 N–H and O–H groups in total. The second-order valence-electron chi connectivity index (χ2n) is 11.6. The van der Waals surface area contributed by atoms with Crippen LogP contribution in [0.2, 0.25) is 0 Å².